The lowest BCUT2D eigenvalue weighted by molar-refractivity contribution is 0.191. The second-order valence-corrected chi connectivity index (χ2v) is 6.17. The van der Waals surface area contributed by atoms with Gasteiger partial charge >= 0.3 is 0 Å². The van der Waals surface area contributed by atoms with Gasteiger partial charge < -0.3 is 15.7 Å². The van der Waals surface area contributed by atoms with Crippen LogP contribution < -0.4 is 10.6 Å². The summed E-state index contributed by atoms with van der Waals surface area (Å²) < 4.78 is 0. The minimum Gasteiger partial charge on any atom is -0.387 e. The highest BCUT2D eigenvalue weighted by molar-refractivity contribution is 5.59. The lowest BCUT2D eigenvalue weighted by Gasteiger charge is -2.21. The normalized spacial score (nSPS) is 14.5. The van der Waals surface area contributed by atoms with Crippen molar-refractivity contribution in [3.63, 3.8) is 0 Å². The molecule has 4 rings (SSSR count). The molecule has 3 N–H and O–H groups in total. The number of anilines is 1. The number of pyridine rings is 2. The van der Waals surface area contributed by atoms with Crippen molar-refractivity contribution in [2.75, 3.05) is 18.4 Å². The van der Waals surface area contributed by atoms with Crippen molar-refractivity contribution in [2.45, 2.75) is 19.1 Å². The molecule has 4 heterocycles. The molecule has 3 aromatic heterocycles. The standard InChI is InChI=1S/C19H20N6O/c26-17(14-2-1-6-21-10-14)12-23-19-15-5-9-22-11-16(15)24-18(25-19)13-3-7-20-8-4-13/h1-4,6-8,10,17,22,26H,5,9,11-12H2,(H,23,24,25). The van der Waals surface area contributed by atoms with Crippen LogP contribution in [0.1, 0.15) is 22.9 Å². The van der Waals surface area contributed by atoms with Crippen molar-refractivity contribution in [1.29, 1.82) is 0 Å². The molecule has 0 spiro atoms. The van der Waals surface area contributed by atoms with Crippen LogP contribution in [0, 0.1) is 0 Å². The van der Waals surface area contributed by atoms with Gasteiger partial charge in [-0.25, -0.2) is 9.97 Å². The fourth-order valence-corrected chi connectivity index (χ4v) is 3.02. The van der Waals surface area contributed by atoms with Crippen LogP contribution in [0.4, 0.5) is 5.82 Å². The van der Waals surface area contributed by atoms with Crippen molar-refractivity contribution >= 4 is 5.82 Å². The first-order valence-corrected chi connectivity index (χ1v) is 8.64. The minimum atomic E-state index is -0.652. The van der Waals surface area contributed by atoms with Gasteiger partial charge in [-0.3, -0.25) is 9.97 Å². The predicted octanol–water partition coefficient (Wildman–Crippen LogP) is 1.72. The lowest BCUT2D eigenvalue weighted by atomic mass is 10.1. The molecule has 7 heteroatoms. The summed E-state index contributed by atoms with van der Waals surface area (Å²) in [5, 5.41) is 17.1. The van der Waals surface area contributed by atoms with Gasteiger partial charge in [0, 0.05) is 54.6 Å². The quantitative estimate of drug-likeness (QED) is 0.646. The predicted molar refractivity (Wildman–Crippen MR) is 98.4 cm³/mol. The Bertz CT molecular complexity index is 872. The number of nitrogens with zero attached hydrogens (tertiary/aromatic N) is 4. The summed E-state index contributed by atoms with van der Waals surface area (Å²) in [5.74, 6) is 1.44. The molecule has 0 fully saturated rings. The fourth-order valence-electron chi connectivity index (χ4n) is 3.02. The van der Waals surface area contributed by atoms with Crippen molar-refractivity contribution in [3.05, 3.63) is 65.9 Å². The van der Waals surface area contributed by atoms with Gasteiger partial charge in [-0.05, 0) is 31.2 Å². The van der Waals surface area contributed by atoms with E-state index in [2.05, 4.69) is 20.6 Å². The van der Waals surface area contributed by atoms with E-state index in [0.717, 1.165) is 47.7 Å². The van der Waals surface area contributed by atoms with E-state index in [4.69, 9.17) is 9.97 Å². The number of hydrogen-bond acceptors (Lipinski definition) is 7. The summed E-state index contributed by atoms with van der Waals surface area (Å²) in [6.45, 7) is 1.97. The molecule has 26 heavy (non-hydrogen) atoms. The second-order valence-electron chi connectivity index (χ2n) is 6.17. The Balaban J connectivity index is 1.62. The van der Waals surface area contributed by atoms with Crippen LogP contribution in [-0.4, -0.2) is 38.1 Å². The first kappa shape index (κ1) is 16.6. The number of aliphatic hydroxyl groups excluding tert-OH is 1. The molecule has 0 saturated heterocycles. The van der Waals surface area contributed by atoms with Crippen LogP contribution in [0.2, 0.25) is 0 Å². The van der Waals surface area contributed by atoms with Gasteiger partial charge in [0.05, 0.1) is 11.8 Å². The molecule has 0 aromatic carbocycles. The van der Waals surface area contributed by atoms with Crippen LogP contribution in [-0.2, 0) is 13.0 Å². The molecule has 1 aliphatic heterocycles. The number of nitrogens with one attached hydrogen (secondary N) is 2. The van der Waals surface area contributed by atoms with E-state index in [9.17, 15) is 5.11 Å². The Morgan fingerprint density at radius 2 is 2.00 bits per heavy atom. The van der Waals surface area contributed by atoms with E-state index in [0.29, 0.717) is 12.4 Å². The molecule has 0 amide bonds. The third kappa shape index (κ3) is 3.54. The zero-order valence-corrected chi connectivity index (χ0v) is 14.3. The highest BCUT2D eigenvalue weighted by Crippen LogP contribution is 2.25. The maximum atomic E-state index is 10.4. The number of aromatic nitrogens is 4. The maximum Gasteiger partial charge on any atom is 0.161 e. The highest BCUT2D eigenvalue weighted by atomic mass is 16.3. The molecule has 0 radical (unpaired) electrons. The second kappa shape index (κ2) is 7.55. The molecule has 0 aliphatic carbocycles. The summed E-state index contributed by atoms with van der Waals surface area (Å²) in [5.41, 5.74) is 3.81. The summed E-state index contributed by atoms with van der Waals surface area (Å²) >= 11 is 0. The van der Waals surface area contributed by atoms with Gasteiger partial charge in [-0.2, -0.15) is 0 Å². The van der Waals surface area contributed by atoms with Gasteiger partial charge in [-0.1, -0.05) is 6.07 Å². The maximum absolute atomic E-state index is 10.4. The van der Waals surface area contributed by atoms with Crippen molar-refractivity contribution < 1.29 is 5.11 Å². The lowest BCUT2D eigenvalue weighted by Crippen LogP contribution is -2.27. The molecule has 0 bridgehead atoms. The summed E-state index contributed by atoms with van der Waals surface area (Å²) in [4.78, 5) is 17.5. The Labute approximate surface area is 151 Å². The molecule has 3 aromatic rings. The monoisotopic (exact) mass is 348 g/mol. The highest BCUT2D eigenvalue weighted by Gasteiger charge is 2.19. The van der Waals surface area contributed by atoms with E-state index in [1.807, 2.05) is 24.3 Å². The molecule has 1 aliphatic rings. The van der Waals surface area contributed by atoms with E-state index in [-0.39, 0.29) is 0 Å². The number of fused-ring (bicyclic) bond motifs is 1. The molecule has 132 valence electrons. The molecular formula is C19H20N6O. The first-order chi connectivity index (χ1) is 12.8. The largest absolute Gasteiger partial charge is 0.387 e. The number of hydrogen-bond donors (Lipinski definition) is 3. The molecule has 1 atom stereocenters. The zero-order chi connectivity index (χ0) is 17.8. The summed E-state index contributed by atoms with van der Waals surface area (Å²) in [7, 11) is 0. The fraction of sp³-hybridized carbons (Fsp3) is 0.263. The molecule has 1 unspecified atom stereocenters. The van der Waals surface area contributed by atoms with E-state index < -0.39 is 6.10 Å². The Hall–Kier alpha value is -2.90. The third-order valence-electron chi connectivity index (χ3n) is 4.41. The SMILES string of the molecule is OC(CNc1nc(-c2ccncc2)nc2c1CCNC2)c1cccnc1. The van der Waals surface area contributed by atoms with Crippen LogP contribution in [0.15, 0.2) is 49.1 Å². The van der Waals surface area contributed by atoms with Gasteiger partial charge in [0.15, 0.2) is 5.82 Å². The minimum absolute atomic E-state index is 0.359. The van der Waals surface area contributed by atoms with E-state index >= 15 is 0 Å². The smallest absolute Gasteiger partial charge is 0.161 e. The van der Waals surface area contributed by atoms with Crippen molar-refractivity contribution in [3.8, 4) is 11.4 Å². The van der Waals surface area contributed by atoms with Crippen molar-refractivity contribution in [1.82, 2.24) is 25.3 Å². The van der Waals surface area contributed by atoms with Crippen LogP contribution in [0.3, 0.4) is 0 Å². The summed E-state index contributed by atoms with van der Waals surface area (Å²) in [6, 6.07) is 7.47. The Kier molecular flexibility index (Phi) is 4.81. The van der Waals surface area contributed by atoms with Crippen molar-refractivity contribution in [2.24, 2.45) is 0 Å². The van der Waals surface area contributed by atoms with Crippen LogP contribution in [0.25, 0.3) is 11.4 Å². The first-order valence-electron chi connectivity index (χ1n) is 8.64. The Morgan fingerprint density at radius 3 is 2.81 bits per heavy atom. The Morgan fingerprint density at radius 1 is 1.12 bits per heavy atom. The average molecular weight is 348 g/mol. The topological polar surface area (TPSA) is 95.9 Å². The average Bonchev–Trinajstić information content (AvgIpc) is 2.73. The van der Waals surface area contributed by atoms with Crippen LogP contribution >= 0.6 is 0 Å². The van der Waals surface area contributed by atoms with E-state index in [1.165, 1.54) is 0 Å². The van der Waals surface area contributed by atoms with Gasteiger partial charge in [0.1, 0.15) is 5.82 Å². The molecule has 0 saturated carbocycles. The van der Waals surface area contributed by atoms with Crippen LogP contribution in [0.5, 0.6) is 0 Å². The van der Waals surface area contributed by atoms with Gasteiger partial charge in [0.2, 0.25) is 0 Å². The number of aliphatic hydroxyl groups is 1. The molecule has 7 nitrogen and oxygen atoms in total. The van der Waals surface area contributed by atoms with E-state index in [1.54, 1.807) is 24.8 Å². The van der Waals surface area contributed by atoms with Gasteiger partial charge in [0.25, 0.3) is 0 Å². The third-order valence-corrected chi connectivity index (χ3v) is 4.41. The zero-order valence-electron chi connectivity index (χ0n) is 14.3. The molecular weight excluding hydrogens is 328 g/mol. The number of rotatable bonds is 5. The van der Waals surface area contributed by atoms with Gasteiger partial charge in [-0.15, -0.1) is 0 Å². The summed E-state index contributed by atoms with van der Waals surface area (Å²) in [6.07, 6.45) is 7.04.